The van der Waals surface area contributed by atoms with Crippen molar-refractivity contribution >= 4 is 5.97 Å². The monoisotopic (exact) mass is 1190 g/mol. The summed E-state index contributed by atoms with van der Waals surface area (Å²) in [5.41, 5.74) is 1.99. The number of esters is 1. The zero-order chi connectivity index (χ0) is 60.6. The fraction of sp³-hybridized carbons (Fsp3) is 0.906. The zero-order valence-electron chi connectivity index (χ0n) is 47.3. The summed E-state index contributed by atoms with van der Waals surface area (Å²) >= 11 is 0. The summed E-state index contributed by atoms with van der Waals surface area (Å²) in [5.74, 6) is -0.975. The second-order valence-corrected chi connectivity index (χ2v) is 22.4. The van der Waals surface area contributed by atoms with E-state index in [9.17, 15) is 81.4 Å². The van der Waals surface area contributed by atoms with Gasteiger partial charge in [-0.2, -0.15) is 0 Å². The minimum absolute atomic E-state index is 0.0321. The Morgan fingerprint density at radius 2 is 0.829 bits per heavy atom. The van der Waals surface area contributed by atoms with Crippen LogP contribution in [0.1, 0.15) is 87.5 Å². The number of carbonyl (C=O) groups excluding carboxylic acids is 1. The third-order valence-electron chi connectivity index (χ3n) is 15.8. The first-order valence-electron chi connectivity index (χ1n) is 28.0. The molecule has 6 aliphatic heterocycles. The quantitative estimate of drug-likeness (QED) is 0.0318. The number of carbonyl (C=O) groups is 1. The van der Waals surface area contributed by atoms with E-state index in [-0.39, 0.29) is 19.1 Å². The molecule has 31 atom stereocenters. The molecule has 0 aliphatic carbocycles. The fourth-order valence-electron chi connectivity index (χ4n) is 10.5. The summed E-state index contributed by atoms with van der Waals surface area (Å²) in [7, 11) is 0. The molecular weight excluding hydrogens is 1100 g/mol. The summed E-state index contributed by atoms with van der Waals surface area (Å²) < 4.78 is 76.8. The molecule has 6 fully saturated rings. The van der Waals surface area contributed by atoms with Crippen molar-refractivity contribution in [1.82, 2.24) is 0 Å². The van der Waals surface area contributed by atoms with Crippen LogP contribution in [0, 0.1) is 5.92 Å². The Morgan fingerprint density at radius 3 is 1.27 bits per heavy atom. The standard InChI is InChI=1S/C53H90O29/c1-20(11-9-13-21(2)15-16-70-51-46(81-50-42(69)38(65)32(59)25(6)74-50)43(34(61)28(17-54)77-51)79-48-40(67)36(63)30(57)23(4)72-48)12-10-14-22(3)19-71-52-47(82-53-45(76-27(8)56)39(66)33(60)26(7)75-53)44(35(62)29(18-55)78-52)80-49-41(68)37(64)31(58)24(5)73-49/h11,15,22-26,28-55,57-69H,9-10,12-14,16-19H2,1-8H3/b20-11+,21-15+/t22-,23-,24-,25-,26-,28+,29+,30-,31-,32-,33-,34+,35+,36+,37+,38+,39+,40+,41+,42+,43-,44-,45+,46+,47+,48-,49-,50-,51+,52+,53-/m0/s1. The van der Waals surface area contributed by atoms with Gasteiger partial charge in [0, 0.05) is 6.92 Å². The Kier molecular flexibility index (Phi) is 26.2. The Morgan fingerprint density at radius 1 is 0.439 bits per heavy atom. The van der Waals surface area contributed by atoms with Crippen LogP contribution in [0.25, 0.3) is 0 Å². The van der Waals surface area contributed by atoms with Crippen LogP contribution in [-0.4, -0.2) is 293 Å². The summed E-state index contributed by atoms with van der Waals surface area (Å²) in [5, 5.41) is 160. The van der Waals surface area contributed by atoms with E-state index in [0.29, 0.717) is 25.7 Å². The molecule has 6 aliphatic rings. The van der Waals surface area contributed by atoms with Gasteiger partial charge in [0.15, 0.2) is 43.8 Å². The Balaban J connectivity index is 1.06. The number of rotatable bonds is 24. The first-order valence-corrected chi connectivity index (χ1v) is 28.0. The van der Waals surface area contributed by atoms with Crippen molar-refractivity contribution in [2.24, 2.45) is 5.92 Å². The summed E-state index contributed by atoms with van der Waals surface area (Å²) in [4.78, 5) is 12.2. The highest BCUT2D eigenvalue weighted by Gasteiger charge is 2.57. The van der Waals surface area contributed by atoms with Crippen LogP contribution in [0.4, 0.5) is 0 Å². The maximum absolute atomic E-state index is 12.2. The molecule has 29 heteroatoms. The Bertz CT molecular complexity index is 2010. The number of allylic oxidation sites excluding steroid dienone is 3. The van der Waals surface area contributed by atoms with Crippen molar-refractivity contribution in [3.05, 3.63) is 23.3 Å². The lowest BCUT2D eigenvalue weighted by atomic mass is 9.96. The summed E-state index contributed by atoms with van der Waals surface area (Å²) in [6.45, 7) is 11.0. The van der Waals surface area contributed by atoms with Crippen molar-refractivity contribution in [2.45, 2.75) is 272 Å². The molecule has 6 saturated heterocycles. The van der Waals surface area contributed by atoms with Gasteiger partial charge in [-0.25, -0.2) is 0 Å². The molecule has 476 valence electrons. The molecule has 15 N–H and O–H groups in total. The molecule has 0 aromatic heterocycles. The molecule has 0 bridgehead atoms. The van der Waals surface area contributed by atoms with E-state index in [1.165, 1.54) is 27.7 Å². The predicted molar refractivity (Wildman–Crippen MR) is 274 cm³/mol. The smallest absolute Gasteiger partial charge is 0.303 e. The first-order chi connectivity index (χ1) is 38.7. The van der Waals surface area contributed by atoms with Crippen LogP contribution in [0.3, 0.4) is 0 Å². The fourth-order valence-corrected chi connectivity index (χ4v) is 10.5. The SMILES string of the molecule is CC(=O)O[C@H]1[C@H](O[C@H]2[C@H](OC[C@@H](C)CCC/C(C)=C/CC/C(C)=C/CO[C@@H]3O[C@H](CO)[C@@H](O)[C@H](O[C@@H]4O[C@@H](C)[C@H](O)[C@@H](O)[C@H]4O)[C@H]3O[C@@H]3O[C@@H](C)[C@H](O)[C@@H](O)[C@H]3O)O[C@H](CO)[C@@H](O)[C@@H]2O[C@@H]2O[C@@H](C)[C@H](O)[C@@H](O)[C@H]2O)O[C@@H](C)[C@H](O)[C@H]1O. The van der Waals surface area contributed by atoms with E-state index in [1.807, 2.05) is 20.8 Å². The molecule has 0 spiro atoms. The molecule has 0 unspecified atom stereocenters. The van der Waals surface area contributed by atoms with Gasteiger partial charge in [-0.05, 0) is 79.6 Å². The predicted octanol–water partition coefficient (Wildman–Crippen LogP) is -4.92. The van der Waals surface area contributed by atoms with Gasteiger partial charge < -0.3 is 138 Å². The van der Waals surface area contributed by atoms with Crippen molar-refractivity contribution in [3.8, 4) is 0 Å². The molecule has 0 aromatic carbocycles. The molecule has 0 radical (unpaired) electrons. The van der Waals surface area contributed by atoms with E-state index < -0.39 is 203 Å². The number of hydrogen-bond donors (Lipinski definition) is 15. The summed E-state index contributed by atoms with van der Waals surface area (Å²) in [6, 6.07) is 0. The average molecular weight is 1190 g/mol. The zero-order valence-corrected chi connectivity index (χ0v) is 47.3. The van der Waals surface area contributed by atoms with Gasteiger partial charge in [0.1, 0.15) is 116 Å². The molecule has 6 heterocycles. The lowest BCUT2D eigenvalue weighted by Crippen LogP contribution is -2.67. The van der Waals surface area contributed by atoms with Gasteiger partial charge in [-0.15, -0.1) is 0 Å². The molecule has 82 heavy (non-hydrogen) atoms. The highest BCUT2D eigenvalue weighted by atomic mass is 16.8. The topological polar surface area (TPSA) is 441 Å². The average Bonchev–Trinajstić information content (AvgIpc) is 3.41. The number of ether oxygens (including phenoxy) is 13. The molecule has 0 aromatic rings. The Hall–Kier alpha value is -2.13. The lowest BCUT2D eigenvalue weighted by Gasteiger charge is -2.49. The third-order valence-corrected chi connectivity index (χ3v) is 15.8. The van der Waals surface area contributed by atoms with Crippen molar-refractivity contribution in [3.63, 3.8) is 0 Å². The second-order valence-electron chi connectivity index (χ2n) is 22.4. The van der Waals surface area contributed by atoms with Crippen molar-refractivity contribution in [1.29, 1.82) is 0 Å². The molecule has 6 rings (SSSR count). The van der Waals surface area contributed by atoms with Crippen LogP contribution in [0.5, 0.6) is 0 Å². The molecule has 29 nitrogen and oxygen atoms in total. The maximum atomic E-state index is 12.2. The van der Waals surface area contributed by atoms with Gasteiger partial charge in [-0.3, -0.25) is 4.79 Å². The summed E-state index contributed by atoms with van der Waals surface area (Å²) in [6.07, 6.45) is -38.6. The van der Waals surface area contributed by atoms with Crippen LogP contribution in [0.15, 0.2) is 23.3 Å². The van der Waals surface area contributed by atoms with E-state index in [1.54, 1.807) is 6.08 Å². The molecule has 0 amide bonds. The minimum Gasteiger partial charge on any atom is -0.454 e. The second kappa shape index (κ2) is 31.2. The van der Waals surface area contributed by atoms with Gasteiger partial charge in [0.2, 0.25) is 0 Å². The number of aliphatic hydroxyl groups is 15. The van der Waals surface area contributed by atoms with Gasteiger partial charge in [0.05, 0.1) is 50.8 Å². The number of aliphatic hydroxyl groups excluding tert-OH is 15. The van der Waals surface area contributed by atoms with E-state index in [0.717, 1.165) is 24.5 Å². The molecule has 0 saturated carbocycles. The largest absolute Gasteiger partial charge is 0.454 e. The third kappa shape index (κ3) is 16.9. The van der Waals surface area contributed by atoms with Gasteiger partial charge in [0.25, 0.3) is 0 Å². The normalized spacial score (nSPS) is 46.6. The van der Waals surface area contributed by atoms with Crippen LogP contribution in [-0.2, 0) is 66.4 Å². The van der Waals surface area contributed by atoms with E-state index in [2.05, 4.69) is 6.08 Å². The van der Waals surface area contributed by atoms with Crippen molar-refractivity contribution < 1.29 is 143 Å². The Labute approximate surface area is 475 Å². The van der Waals surface area contributed by atoms with E-state index >= 15 is 0 Å². The van der Waals surface area contributed by atoms with Gasteiger partial charge >= 0.3 is 5.97 Å². The minimum atomic E-state index is -1.82. The van der Waals surface area contributed by atoms with Crippen LogP contribution in [0.2, 0.25) is 0 Å². The van der Waals surface area contributed by atoms with Crippen LogP contribution >= 0.6 is 0 Å². The number of hydrogen-bond acceptors (Lipinski definition) is 29. The van der Waals surface area contributed by atoms with Crippen molar-refractivity contribution in [2.75, 3.05) is 26.4 Å². The van der Waals surface area contributed by atoms with E-state index in [4.69, 9.17) is 61.6 Å². The lowest BCUT2D eigenvalue weighted by molar-refractivity contribution is -0.390. The first kappa shape index (κ1) is 69.0. The highest BCUT2D eigenvalue weighted by Crippen LogP contribution is 2.37. The highest BCUT2D eigenvalue weighted by molar-refractivity contribution is 5.66. The maximum Gasteiger partial charge on any atom is 0.303 e. The molecular formula is C53H90O29. The van der Waals surface area contributed by atoms with Crippen LogP contribution < -0.4 is 0 Å². The van der Waals surface area contributed by atoms with Gasteiger partial charge in [-0.1, -0.05) is 30.2 Å².